The Bertz CT molecular complexity index is 1330. The van der Waals surface area contributed by atoms with Crippen LogP contribution in [-0.4, -0.2) is 85.8 Å². The maximum atomic E-state index is 13.8. The van der Waals surface area contributed by atoms with Gasteiger partial charge in [0, 0.05) is 37.3 Å². The Balaban J connectivity index is 1.57. The fourth-order valence-electron chi connectivity index (χ4n) is 3.67. The van der Waals surface area contributed by atoms with Crippen molar-refractivity contribution in [2.24, 2.45) is 0 Å². The number of carboxylic acids is 1. The van der Waals surface area contributed by atoms with Gasteiger partial charge in [-0.15, -0.1) is 0 Å². The van der Waals surface area contributed by atoms with Gasteiger partial charge < -0.3 is 15.2 Å². The summed E-state index contributed by atoms with van der Waals surface area (Å²) in [7, 11) is -3.79. The molecule has 1 heterocycles. The quantitative estimate of drug-likeness (QED) is 0.297. The highest BCUT2D eigenvalue weighted by atomic mass is 35.5. The maximum absolute atomic E-state index is 13.8. The van der Waals surface area contributed by atoms with Crippen LogP contribution in [0.5, 0.6) is 5.75 Å². The molecule has 1 amide bonds. The number of halogens is 5. The van der Waals surface area contributed by atoms with Crippen LogP contribution in [0.2, 0.25) is 5.02 Å². The minimum atomic E-state index is -3.79. The molecule has 0 spiro atoms. The average molecular weight is 596 g/mol. The number of carbonyl (C=O) groups excluding carboxylic acids is 2. The predicted molar refractivity (Wildman–Crippen MR) is 128 cm³/mol. The fraction of sp³-hybridized carbons (Fsp3) is 0.348. The molecule has 39 heavy (non-hydrogen) atoms. The number of aliphatic carboxylic acids is 1. The van der Waals surface area contributed by atoms with Crippen LogP contribution in [-0.2, 0) is 24.4 Å². The van der Waals surface area contributed by atoms with Gasteiger partial charge in [0.05, 0.1) is 17.9 Å². The highest BCUT2D eigenvalue weighted by molar-refractivity contribution is 7.89. The molecule has 1 atom stereocenters. The minimum Gasteiger partial charge on any atom is -0.481 e. The number of carboxylic acid groups (broad SMARTS) is 1. The molecule has 1 fully saturated rings. The van der Waals surface area contributed by atoms with E-state index in [2.05, 4.69) is 10.1 Å². The minimum absolute atomic E-state index is 0.0465. The first-order chi connectivity index (χ1) is 18.3. The number of piperazine rings is 1. The lowest BCUT2D eigenvalue weighted by atomic mass is 10.1. The van der Waals surface area contributed by atoms with Gasteiger partial charge in [0.15, 0.2) is 23.2 Å². The molecule has 0 bridgehead atoms. The molecular formula is C23H22ClF4N3O7S. The van der Waals surface area contributed by atoms with Crippen LogP contribution in [0, 0.1) is 23.3 Å². The zero-order valence-electron chi connectivity index (χ0n) is 20.0. The zero-order valence-corrected chi connectivity index (χ0v) is 21.6. The predicted octanol–water partition coefficient (Wildman–Crippen LogP) is 1.81. The topological polar surface area (TPSA) is 133 Å². The molecule has 1 unspecified atom stereocenters. The first kappa shape index (κ1) is 30.3. The third kappa shape index (κ3) is 7.65. The van der Waals surface area contributed by atoms with Crippen molar-refractivity contribution in [1.82, 2.24) is 14.5 Å². The van der Waals surface area contributed by atoms with Crippen LogP contribution >= 0.6 is 11.6 Å². The molecular weight excluding hydrogens is 574 g/mol. The van der Waals surface area contributed by atoms with Crippen molar-refractivity contribution in [2.45, 2.75) is 17.4 Å². The third-order valence-corrected chi connectivity index (χ3v) is 7.85. The first-order valence-corrected chi connectivity index (χ1v) is 13.1. The number of carbonyl (C=O) groups is 3. The Morgan fingerprint density at radius 3 is 2.10 bits per heavy atom. The third-order valence-electron chi connectivity index (χ3n) is 5.68. The SMILES string of the molecule is O=C(O)CC(NC(=O)CN1CCN(S(=O)(=O)c2ccc(Cl)cc2)CC1)C(=O)COc1c(F)c(F)cc(F)c1F. The molecule has 2 N–H and O–H groups in total. The number of sulfonamides is 1. The van der Waals surface area contributed by atoms with Crippen LogP contribution in [0.4, 0.5) is 17.6 Å². The molecule has 10 nitrogen and oxygen atoms in total. The number of nitrogens with one attached hydrogen (secondary N) is 1. The molecule has 3 rings (SSSR count). The molecule has 1 aliphatic rings. The number of hydrogen-bond acceptors (Lipinski definition) is 7. The highest BCUT2D eigenvalue weighted by Crippen LogP contribution is 2.26. The van der Waals surface area contributed by atoms with Gasteiger partial charge >= 0.3 is 5.97 Å². The second kappa shape index (κ2) is 12.7. The standard InChI is InChI=1S/C23H22ClF4N3O7S/c24-13-1-3-14(4-2-13)39(36,37)31-7-5-30(6-8-31)11-19(33)29-17(10-20(34)35)18(32)12-38-23-21(27)15(25)9-16(26)22(23)28/h1-4,9,17H,5-8,10-12H2,(H,29,33)(H,34,35). The van der Waals surface area contributed by atoms with Crippen molar-refractivity contribution in [3.05, 3.63) is 58.6 Å². The van der Waals surface area contributed by atoms with E-state index in [9.17, 15) is 40.4 Å². The lowest BCUT2D eigenvalue weighted by Crippen LogP contribution is -2.53. The lowest BCUT2D eigenvalue weighted by molar-refractivity contribution is -0.140. The van der Waals surface area contributed by atoms with E-state index >= 15 is 0 Å². The molecule has 0 radical (unpaired) electrons. The van der Waals surface area contributed by atoms with Gasteiger partial charge in [-0.2, -0.15) is 13.1 Å². The van der Waals surface area contributed by atoms with Gasteiger partial charge in [-0.1, -0.05) is 11.6 Å². The van der Waals surface area contributed by atoms with E-state index in [1.165, 1.54) is 28.6 Å². The summed E-state index contributed by atoms with van der Waals surface area (Å²) in [4.78, 5) is 37.8. The van der Waals surface area contributed by atoms with E-state index in [-0.39, 0.29) is 43.7 Å². The summed E-state index contributed by atoms with van der Waals surface area (Å²) in [6, 6.07) is 3.88. The Morgan fingerprint density at radius 2 is 1.56 bits per heavy atom. The van der Waals surface area contributed by atoms with Crippen molar-refractivity contribution in [3.63, 3.8) is 0 Å². The summed E-state index contributed by atoms with van der Waals surface area (Å²) in [5, 5.41) is 11.6. The number of amides is 1. The van der Waals surface area contributed by atoms with Crippen molar-refractivity contribution in [1.29, 1.82) is 0 Å². The molecule has 16 heteroatoms. The van der Waals surface area contributed by atoms with Crippen LogP contribution in [0.1, 0.15) is 6.42 Å². The molecule has 0 aromatic heterocycles. The second-order valence-electron chi connectivity index (χ2n) is 8.40. The summed E-state index contributed by atoms with van der Waals surface area (Å²) in [6.07, 6.45) is -0.913. The van der Waals surface area contributed by atoms with Gasteiger partial charge in [0.1, 0.15) is 12.6 Å². The molecule has 0 aliphatic carbocycles. The van der Waals surface area contributed by atoms with Crippen molar-refractivity contribution >= 4 is 39.3 Å². The molecule has 2 aromatic carbocycles. The lowest BCUT2D eigenvalue weighted by Gasteiger charge is -2.33. The summed E-state index contributed by atoms with van der Waals surface area (Å²) in [5.41, 5.74) is 0. The monoisotopic (exact) mass is 595 g/mol. The maximum Gasteiger partial charge on any atom is 0.305 e. The number of ether oxygens (including phenoxy) is 1. The van der Waals surface area contributed by atoms with Gasteiger partial charge in [-0.25, -0.2) is 17.2 Å². The molecule has 212 valence electrons. The van der Waals surface area contributed by atoms with Crippen molar-refractivity contribution < 1.29 is 50.2 Å². The van der Waals surface area contributed by atoms with E-state index in [1.54, 1.807) is 4.90 Å². The molecule has 0 saturated carbocycles. The molecule has 2 aromatic rings. The van der Waals surface area contributed by atoms with Crippen LogP contribution in [0.25, 0.3) is 0 Å². The van der Waals surface area contributed by atoms with E-state index in [1.807, 2.05) is 0 Å². The van der Waals surface area contributed by atoms with Gasteiger partial charge in [-0.05, 0) is 24.3 Å². The number of rotatable bonds is 11. The summed E-state index contributed by atoms with van der Waals surface area (Å²) in [6.45, 7) is -1.14. The molecule has 1 saturated heterocycles. The summed E-state index contributed by atoms with van der Waals surface area (Å²) < 4.78 is 85.5. The number of benzene rings is 2. The summed E-state index contributed by atoms with van der Waals surface area (Å²) in [5.74, 6) is -12.3. The number of ketones is 1. The van der Waals surface area contributed by atoms with Gasteiger partial charge in [0.2, 0.25) is 27.6 Å². The van der Waals surface area contributed by atoms with E-state index < -0.39 is 75.8 Å². The Kier molecular flexibility index (Phi) is 9.88. The van der Waals surface area contributed by atoms with Gasteiger partial charge in [-0.3, -0.25) is 19.3 Å². The Morgan fingerprint density at radius 1 is 1.00 bits per heavy atom. The van der Waals surface area contributed by atoms with E-state index in [4.69, 9.17) is 16.7 Å². The van der Waals surface area contributed by atoms with Crippen molar-refractivity contribution in [2.75, 3.05) is 39.3 Å². The number of hydrogen-bond donors (Lipinski definition) is 2. The van der Waals surface area contributed by atoms with Gasteiger partial charge in [0.25, 0.3) is 0 Å². The highest BCUT2D eigenvalue weighted by Gasteiger charge is 2.31. The van der Waals surface area contributed by atoms with E-state index in [0.29, 0.717) is 5.02 Å². The van der Waals surface area contributed by atoms with Crippen LogP contribution < -0.4 is 10.1 Å². The summed E-state index contributed by atoms with van der Waals surface area (Å²) >= 11 is 5.80. The van der Waals surface area contributed by atoms with E-state index in [0.717, 1.165) is 0 Å². The molecule has 1 aliphatic heterocycles. The second-order valence-corrected chi connectivity index (χ2v) is 10.8. The number of Topliss-reactive ketones (excluding diaryl/α,β-unsaturated/α-hetero) is 1. The Labute approximate surface area is 225 Å². The normalized spacial score (nSPS) is 15.5. The van der Waals surface area contributed by atoms with Crippen molar-refractivity contribution in [3.8, 4) is 5.75 Å². The smallest absolute Gasteiger partial charge is 0.305 e. The van der Waals surface area contributed by atoms with Crippen LogP contribution in [0.3, 0.4) is 0 Å². The van der Waals surface area contributed by atoms with Crippen LogP contribution in [0.15, 0.2) is 35.2 Å². The first-order valence-electron chi connectivity index (χ1n) is 11.3. The fourth-order valence-corrected chi connectivity index (χ4v) is 5.22. The average Bonchev–Trinajstić information content (AvgIpc) is 2.87. The Hall–Kier alpha value is -3.27. The number of nitrogens with zero attached hydrogens (tertiary/aromatic N) is 2. The zero-order chi connectivity index (χ0) is 28.9. The largest absolute Gasteiger partial charge is 0.481 e.